The van der Waals surface area contributed by atoms with E-state index in [4.69, 9.17) is 4.74 Å². The highest BCUT2D eigenvalue weighted by Crippen LogP contribution is 2.25. The van der Waals surface area contributed by atoms with Gasteiger partial charge in [0.05, 0.1) is 0 Å². The van der Waals surface area contributed by atoms with Crippen LogP contribution in [0.25, 0.3) is 0 Å². The van der Waals surface area contributed by atoms with Crippen molar-refractivity contribution in [1.29, 1.82) is 0 Å². The molecule has 100 valence electrons. The third kappa shape index (κ3) is 3.04. The second kappa shape index (κ2) is 5.01. The lowest BCUT2D eigenvalue weighted by Crippen LogP contribution is -2.48. The van der Waals surface area contributed by atoms with Gasteiger partial charge in [-0.1, -0.05) is 4.49 Å². The molecule has 1 rings (SSSR count). The Kier molecular flexibility index (Phi) is 4.05. The highest BCUT2D eigenvalue weighted by molar-refractivity contribution is 7.03. The van der Waals surface area contributed by atoms with E-state index in [0.717, 1.165) is 11.5 Å². The molecule has 0 aliphatic heterocycles. The van der Waals surface area contributed by atoms with E-state index in [9.17, 15) is 9.59 Å². The monoisotopic (exact) mass is 271 g/mol. The highest BCUT2D eigenvalue weighted by atomic mass is 32.1. The summed E-state index contributed by atoms with van der Waals surface area (Å²) in [7, 11) is 1.50. The first-order valence-electron chi connectivity index (χ1n) is 5.41. The predicted molar refractivity (Wildman–Crippen MR) is 67.3 cm³/mol. The minimum atomic E-state index is -1.17. The number of likely N-dealkylation sites (N-methyl/N-ethyl adjacent to an activating group) is 1. The maximum atomic E-state index is 12.0. The van der Waals surface area contributed by atoms with Gasteiger partial charge in [0, 0.05) is 12.4 Å². The second-order valence-corrected chi connectivity index (χ2v) is 5.70. The second-order valence-electron chi connectivity index (χ2n) is 5.09. The Morgan fingerprint density at radius 2 is 2.06 bits per heavy atom. The quantitative estimate of drug-likeness (QED) is 0.784. The Morgan fingerprint density at radius 3 is 2.44 bits per heavy atom. The number of aldehydes is 1. The van der Waals surface area contributed by atoms with Crippen LogP contribution in [0.5, 0.6) is 0 Å². The number of carbonyl (C=O) groups excluding carboxylic acids is 2. The number of amides is 1. The smallest absolute Gasteiger partial charge is 0.411 e. The van der Waals surface area contributed by atoms with Gasteiger partial charge in [0.25, 0.3) is 0 Å². The van der Waals surface area contributed by atoms with Gasteiger partial charge in [0.15, 0.2) is 6.29 Å². The molecular formula is C11H17N3O3S. The summed E-state index contributed by atoms with van der Waals surface area (Å²) in [6.45, 7) is 6.89. The minimum Gasteiger partial charge on any atom is -0.444 e. The van der Waals surface area contributed by atoms with Crippen molar-refractivity contribution in [1.82, 2.24) is 14.5 Å². The standard InChI is InChI=1S/C11H17N3O3S/c1-10(2,3)17-9(16)14(5)11(4,7-15)8-6-18-13-12-8/h6-7H,1-5H3. The van der Waals surface area contributed by atoms with Crippen molar-refractivity contribution in [2.45, 2.75) is 38.8 Å². The van der Waals surface area contributed by atoms with Gasteiger partial charge in [-0.2, -0.15) is 0 Å². The van der Waals surface area contributed by atoms with Crippen LogP contribution in [0, 0.1) is 0 Å². The summed E-state index contributed by atoms with van der Waals surface area (Å²) in [5.41, 5.74) is -1.36. The Morgan fingerprint density at radius 1 is 1.44 bits per heavy atom. The van der Waals surface area contributed by atoms with Crippen molar-refractivity contribution >= 4 is 23.9 Å². The maximum Gasteiger partial charge on any atom is 0.411 e. The summed E-state index contributed by atoms with van der Waals surface area (Å²) in [5, 5.41) is 5.48. The third-order valence-electron chi connectivity index (χ3n) is 2.47. The average Bonchev–Trinajstić information content (AvgIpc) is 2.78. The summed E-state index contributed by atoms with van der Waals surface area (Å²) >= 11 is 1.13. The molecule has 0 aliphatic carbocycles. The van der Waals surface area contributed by atoms with E-state index in [1.165, 1.54) is 11.9 Å². The van der Waals surface area contributed by atoms with E-state index in [1.807, 2.05) is 0 Å². The van der Waals surface area contributed by atoms with Crippen LogP contribution in [0.2, 0.25) is 0 Å². The number of hydrogen-bond donors (Lipinski definition) is 0. The number of hydrogen-bond acceptors (Lipinski definition) is 6. The SMILES string of the molecule is CN(C(=O)OC(C)(C)C)C(C)(C=O)c1csnn1. The lowest BCUT2D eigenvalue weighted by molar-refractivity contribution is -0.117. The zero-order valence-electron chi connectivity index (χ0n) is 11.1. The van der Waals surface area contributed by atoms with Gasteiger partial charge in [0.1, 0.15) is 16.8 Å². The molecule has 0 fully saturated rings. The van der Waals surface area contributed by atoms with Crippen LogP contribution in [-0.2, 0) is 15.1 Å². The van der Waals surface area contributed by atoms with Gasteiger partial charge < -0.3 is 9.53 Å². The molecule has 1 aromatic rings. The molecule has 0 radical (unpaired) electrons. The fourth-order valence-electron chi connectivity index (χ4n) is 1.22. The van der Waals surface area contributed by atoms with Gasteiger partial charge in [-0.05, 0) is 39.2 Å². The Hall–Kier alpha value is -1.50. The molecular weight excluding hydrogens is 254 g/mol. The molecule has 1 aromatic heterocycles. The van der Waals surface area contributed by atoms with E-state index >= 15 is 0 Å². The lowest BCUT2D eigenvalue weighted by atomic mass is 10.00. The molecule has 0 spiro atoms. The summed E-state index contributed by atoms with van der Waals surface area (Å²) in [4.78, 5) is 24.5. The molecule has 0 N–H and O–H groups in total. The van der Waals surface area contributed by atoms with Gasteiger partial charge in [-0.15, -0.1) is 5.10 Å². The third-order valence-corrected chi connectivity index (χ3v) is 2.98. The molecule has 18 heavy (non-hydrogen) atoms. The van der Waals surface area contributed by atoms with Crippen LogP contribution < -0.4 is 0 Å². The van der Waals surface area contributed by atoms with Crippen molar-refractivity contribution in [3.8, 4) is 0 Å². The van der Waals surface area contributed by atoms with E-state index in [1.54, 1.807) is 33.1 Å². The molecule has 0 aliphatic rings. The van der Waals surface area contributed by atoms with Gasteiger partial charge >= 0.3 is 6.09 Å². The number of ether oxygens (including phenoxy) is 1. The van der Waals surface area contributed by atoms with Gasteiger partial charge in [0.2, 0.25) is 0 Å². The minimum absolute atomic E-state index is 0.427. The Bertz CT molecular complexity index is 427. The normalized spacial score (nSPS) is 14.7. The average molecular weight is 271 g/mol. The fourth-order valence-corrected chi connectivity index (χ4v) is 1.78. The molecule has 1 unspecified atom stereocenters. The number of nitrogens with zero attached hydrogens (tertiary/aromatic N) is 3. The molecule has 1 heterocycles. The Labute approximate surface area is 110 Å². The van der Waals surface area contributed by atoms with E-state index in [2.05, 4.69) is 9.59 Å². The first kappa shape index (κ1) is 14.6. The summed E-state index contributed by atoms with van der Waals surface area (Å²) in [6.07, 6.45) is 0.0818. The van der Waals surface area contributed by atoms with Gasteiger partial charge in [-0.3, -0.25) is 4.90 Å². The van der Waals surface area contributed by atoms with Crippen LogP contribution in [0.3, 0.4) is 0 Å². The van der Waals surface area contributed by atoms with Crippen molar-refractivity contribution in [3.63, 3.8) is 0 Å². The van der Waals surface area contributed by atoms with Crippen LogP contribution in [0.1, 0.15) is 33.4 Å². The number of aromatic nitrogens is 2. The van der Waals surface area contributed by atoms with E-state index in [0.29, 0.717) is 12.0 Å². The largest absolute Gasteiger partial charge is 0.444 e. The number of carbonyl (C=O) groups is 2. The molecule has 0 saturated carbocycles. The molecule has 1 amide bonds. The van der Waals surface area contributed by atoms with Crippen molar-refractivity contribution < 1.29 is 14.3 Å². The van der Waals surface area contributed by atoms with Crippen molar-refractivity contribution in [2.24, 2.45) is 0 Å². The number of rotatable bonds is 3. The molecule has 6 nitrogen and oxygen atoms in total. The van der Waals surface area contributed by atoms with Gasteiger partial charge in [-0.25, -0.2) is 4.79 Å². The van der Waals surface area contributed by atoms with Crippen LogP contribution in [0.15, 0.2) is 5.38 Å². The zero-order valence-corrected chi connectivity index (χ0v) is 11.9. The first-order chi connectivity index (χ1) is 8.20. The topological polar surface area (TPSA) is 72.4 Å². The van der Waals surface area contributed by atoms with Crippen LogP contribution >= 0.6 is 11.5 Å². The zero-order chi connectivity index (χ0) is 14.0. The summed E-state index contributed by atoms with van der Waals surface area (Å²) < 4.78 is 8.94. The molecule has 7 heteroatoms. The molecule has 0 bridgehead atoms. The van der Waals surface area contributed by atoms with Crippen molar-refractivity contribution in [3.05, 3.63) is 11.1 Å². The summed E-state index contributed by atoms with van der Waals surface area (Å²) in [6, 6.07) is 0. The maximum absolute atomic E-state index is 12.0. The fraction of sp³-hybridized carbons (Fsp3) is 0.636. The van der Waals surface area contributed by atoms with Crippen LogP contribution in [-0.4, -0.2) is 39.5 Å². The lowest BCUT2D eigenvalue weighted by Gasteiger charge is -2.33. The molecule has 0 aromatic carbocycles. The van der Waals surface area contributed by atoms with Crippen molar-refractivity contribution in [2.75, 3.05) is 7.05 Å². The summed E-state index contributed by atoms with van der Waals surface area (Å²) in [5.74, 6) is 0. The first-order valence-corrected chi connectivity index (χ1v) is 6.25. The van der Waals surface area contributed by atoms with E-state index < -0.39 is 17.2 Å². The predicted octanol–water partition coefficient (Wildman–Crippen LogP) is 1.82. The molecule has 0 saturated heterocycles. The van der Waals surface area contributed by atoms with E-state index in [-0.39, 0.29) is 0 Å². The molecule has 1 atom stereocenters. The highest BCUT2D eigenvalue weighted by Gasteiger charge is 2.38. The Balaban J connectivity index is 2.96. The van der Waals surface area contributed by atoms with Crippen LogP contribution in [0.4, 0.5) is 4.79 Å².